The lowest BCUT2D eigenvalue weighted by Crippen LogP contribution is -2.56. The average Bonchev–Trinajstić information content (AvgIpc) is 2.74. The van der Waals surface area contributed by atoms with Gasteiger partial charge in [0.2, 0.25) is 11.8 Å². The number of nitrogens with zero attached hydrogens (tertiary/aromatic N) is 3. The number of rotatable bonds is 6. The number of carbonyl (C=O) groups excluding carboxylic acids is 2. The minimum Gasteiger partial charge on any atom is -0.368 e. The SMILES string of the molecule is C[C@H](NC(=O)[C@@H](N)Cc1ccccn1)C(=O)N1CCN(c2ccc(Cl)cc2)CC1.Cl.Cl.Cl. The van der Waals surface area contributed by atoms with Crippen molar-refractivity contribution in [3.05, 3.63) is 59.4 Å². The highest BCUT2D eigenvalue weighted by molar-refractivity contribution is 6.30. The van der Waals surface area contributed by atoms with Crippen LogP contribution in [0, 0.1) is 0 Å². The molecule has 2 amide bonds. The summed E-state index contributed by atoms with van der Waals surface area (Å²) in [6.45, 7) is 4.35. The number of nitrogens with one attached hydrogen (secondary N) is 1. The van der Waals surface area contributed by atoms with Crippen molar-refractivity contribution in [3.63, 3.8) is 0 Å². The van der Waals surface area contributed by atoms with E-state index in [9.17, 15) is 9.59 Å². The van der Waals surface area contributed by atoms with Gasteiger partial charge in [0, 0.05) is 55.2 Å². The molecule has 11 heteroatoms. The third-order valence-electron chi connectivity index (χ3n) is 5.00. The summed E-state index contributed by atoms with van der Waals surface area (Å²) in [6.07, 6.45) is 1.99. The van der Waals surface area contributed by atoms with Gasteiger partial charge in [0.05, 0.1) is 6.04 Å². The molecule has 0 aliphatic carbocycles. The minimum absolute atomic E-state index is 0. The van der Waals surface area contributed by atoms with E-state index in [-0.39, 0.29) is 49.0 Å². The van der Waals surface area contributed by atoms with Crippen LogP contribution in [0.15, 0.2) is 48.7 Å². The first-order valence-corrected chi connectivity index (χ1v) is 10.1. The van der Waals surface area contributed by atoms with Crippen LogP contribution in [0.2, 0.25) is 5.02 Å². The number of pyridine rings is 1. The van der Waals surface area contributed by atoms with E-state index in [2.05, 4.69) is 15.2 Å². The van der Waals surface area contributed by atoms with Gasteiger partial charge in [-0.05, 0) is 43.3 Å². The van der Waals surface area contributed by atoms with Crippen LogP contribution < -0.4 is 16.0 Å². The Balaban J connectivity index is 0.00000320. The van der Waals surface area contributed by atoms with Crippen molar-refractivity contribution in [2.45, 2.75) is 25.4 Å². The number of nitrogens with two attached hydrogens (primary N) is 1. The van der Waals surface area contributed by atoms with Crippen LogP contribution in [0.5, 0.6) is 0 Å². The predicted molar refractivity (Wildman–Crippen MR) is 136 cm³/mol. The highest BCUT2D eigenvalue weighted by Gasteiger charge is 2.27. The normalized spacial score (nSPS) is 14.7. The van der Waals surface area contributed by atoms with Gasteiger partial charge >= 0.3 is 0 Å². The van der Waals surface area contributed by atoms with Crippen LogP contribution in [0.3, 0.4) is 0 Å². The molecule has 0 saturated carbocycles. The first kappa shape index (κ1) is 30.2. The third-order valence-corrected chi connectivity index (χ3v) is 5.26. The molecule has 1 fully saturated rings. The van der Waals surface area contributed by atoms with Crippen molar-refractivity contribution in [1.29, 1.82) is 0 Å². The van der Waals surface area contributed by atoms with Gasteiger partial charge < -0.3 is 20.9 Å². The Morgan fingerprint density at radius 2 is 1.69 bits per heavy atom. The van der Waals surface area contributed by atoms with Gasteiger partial charge in [-0.1, -0.05) is 17.7 Å². The van der Waals surface area contributed by atoms with E-state index in [1.807, 2.05) is 42.5 Å². The molecule has 2 aromatic rings. The fraction of sp³-hybridized carbons (Fsp3) is 0.381. The number of carbonyl (C=O) groups is 2. The molecule has 0 bridgehead atoms. The molecule has 1 aliphatic heterocycles. The molecule has 3 rings (SSSR count). The molecule has 2 heterocycles. The van der Waals surface area contributed by atoms with Crippen molar-refractivity contribution in [1.82, 2.24) is 15.2 Å². The van der Waals surface area contributed by atoms with Crippen LogP contribution in [0.1, 0.15) is 12.6 Å². The fourth-order valence-corrected chi connectivity index (χ4v) is 3.46. The second-order valence-electron chi connectivity index (χ2n) is 7.15. The smallest absolute Gasteiger partial charge is 0.244 e. The van der Waals surface area contributed by atoms with Crippen LogP contribution >= 0.6 is 48.8 Å². The van der Waals surface area contributed by atoms with Crippen molar-refractivity contribution >= 4 is 66.3 Å². The summed E-state index contributed by atoms with van der Waals surface area (Å²) < 4.78 is 0. The Morgan fingerprint density at radius 1 is 1.06 bits per heavy atom. The summed E-state index contributed by atoms with van der Waals surface area (Å²) in [5.41, 5.74) is 7.81. The maximum Gasteiger partial charge on any atom is 0.244 e. The van der Waals surface area contributed by atoms with Gasteiger partial charge in [0.25, 0.3) is 0 Å². The molecule has 3 N–H and O–H groups in total. The van der Waals surface area contributed by atoms with E-state index in [0.717, 1.165) is 24.5 Å². The summed E-state index contributed by atoms with van der Waals surface area (Å²) in [5.74, 6) is -0.449. The Morgan fingerprint density at radius 3 is 2.25 bits per heavy atom. The second-order valence-corrected chi connectivity index (χ2v) is 7.59. The minimum atomic E-state index is -0.748. The first-order chi connectivity index (χ1) is 13.9. The molecular weight excluding hydrogens is 496 g/mol. The highest BCUT2D eigenvalue weighted by atomic mass is 35.5. The largest absolute Gasteiger partial charge is 0.368 e. The number of benzene rings is 1. The van der Waals surface area contributed by atoms with Crippen LogP contribution in [-0.4, -0.2) is 60.0 Å². The Hall–Kier alpha value is -1.77. The van der Waals surface area contributed by atoms with Crippen LogP contribution in [0.4, 0.5) is 5.69 Å². The number of anilines is 1. The zero-order chi connectivity index (χ0) is 20.8. The van der Waals surface area contributed by atoms with E-state index >= 15 is 0 Å². The van der Waals surface area contributed by atoms with Crippen molar-refractivity contribution < 1.29 is 9.59 Å². The van der Waals surface area contributed by atoms with Gasteiger partial charge in [-0.3, -0.25) is 14.6 Å². The van der Waals surface area contributed by atoms with Crippen LogP contribution in [0.25, 0.3) is 0 Å². The number of halogens is 4. The van der Waals surface area contributed by atoms with E-state index in [1.54, 1.807) is 18.0 Å². The molecule has 0 spiro atoms. The van der Waals surface area contributed by atoms with E-state index in [4.69, 9.17) is 17.3 Å². The Labute approximate surface area is 212 Å². The summed E-state index contributed by atoms with van der Waals surface area (Å²) in [6, 6.07) is 11.8. The molecule has 0 radical (unpaired) electrons. The quantitative estimate of drug-likeness (QED) is 0.606. The summed E-state index contributed by atoms with van der Waals surface area (Å²) >= 11 is 5.94. The van der Waals surface area contributed by atoms with Crippen molar-refractivity contribution in [3.8, 4) is 0 Å². The summed E-state index contributed by atoms with van der Waals surface area (Å²) in [4.78, 5) is 33.3. The molecule has 1 aliphatic rings. The lowest BCUT2D eigenvalue weighted by atomic mass is 10.1. The maximum atomic E-state index is 12.7. The fourth-order valence-electron chi connectivity index (χ4n) is 3.33. The predicted octanol–water partition coefficient (Wildman–Crippen LogP) is 2.72. The summed E-state index contributed by atoms with van der Waals surface area (Å²) in [5, 5.41) is 3.44. The lowest BCUT2D eigenvalue weighted by molar-refractivity contribution is -0.136. The zero-order valence-electron chi connectivity index (χ0n) is 17.6. The number of piperazine rings is 1. The number of aromatic nitrogens is 1. The number of hydrogen-bond acceptors (Lipinski definition) is 5. The molecular formula is C21H29Cl4N5O2. The first-order valence-electron chi connectivity index (χ1n) is 9.69. The van der Waals surface area contributed by atoms with Crippen molar-refractivity contribution in [2.24, 2.45) is 5.73 Å². The molecule has 1 saturated heterocycles. The highest BCUT2D eigenvalue weighted by Crippen LogP contribution is 2.19. The van der Waals surface area contributed by atoms with Gasteiger partial charge in [-0.2, -0.15) is 0 Å². The molecule has 2 atom stereocenters. The number of hydrogen-bond donors (Lipinski definition) is 2. The van der Waals surface area contributed by atoms with E-state index in [1.165, 1.54) is 0 Å². The van der Waals surface area contributed by atoms with Crippen molar-refractivity contribution in [2.75, 3.05) is 31.1 Å². The van der Waals surface area contributed by atoms with E-state index in [0.29, 0.717) is 24.5 Å². The molecule has 1 aromatic carbocycles. The monoisotopic (exact) mass is 523 g/mol. The van der Waals surface area contributed by atoms with Gasteiger partial charge in [0.1, 0.15) is 6.04 Å². The molecule has 7 nitrogen and oxygen atoms in total. The molecule has 1 aromatic heterocycles. The number of amides is 2. The summed E-state index contributed by atoms with van der Waals surface area (Å²) in [7, 11) is 0. The lowest BCUT2D eigenvalue weighted by Gasteiger charge is -2.37. The van der Waals surface area contributed by atoms with Gasteiger partial charge in [0.15, 0.2) is 0 Å². The van der Waals surface area contributed by atoms with Gasteiger partial charge in [-0.15, -0.1) is 37.2 Å². The topological polar surface area (TPSA) is 91.6 Å². The maximum absolute atomic E-state index is 12.7. The average molecular weight is 525 g/mol. The van der Waals surface area contributed by atoms with Crippen LogP contribution in [-0.2, 0) is 16.0 Å². The molecule has 32 heavy (non-hydrogen) atoms. The van der Waals surface area contributed by atoms with E-state index < -0.39 is 12.1 Å². The molecule has 178 valence electrons. The Kier molecular flexibility index (Phi) is 13.6. The Bertz CT molecular complexity index is 834. The standard InChI is InChI=1S/C21H26ClN5O2.3ClH/c1-15(25-20(28)19(23)14-17-4-2-3-9-24-17)21(29)27-12-10-26(11-13-27)18-7-5-16(22)6-8-18;;;/h2-9,15,19H,10-14,23H2,1H3,(H,25,28);3*1H/t15-,19-;;;/m0.../s1. The van der Waals surface area contributed by atoms with Gasteiger partial charge in [-0.25, -0.2) is 0 Å². The zero-order valence-corrected chi connectivity index (χ0v) is 20.9. The third kappa shape index (κ3) is 8.30. The second kappa shape index (κ2) is 14.4. The molecule has 0 unspecified atom stereocenters.